The molecule has 1 saturated heterocycles. The Morgan fingerprint density at radius 1 is 1.24 bits per heavy atom. The molecule has 1 atom stereocenters. The molecule has 2 rings (SSSR count). The van der Waals surface area contributed by atoms with Gasteiger partial charge in [0.25, 0.3) is 5.91 Å². The van der Waals surface area contributed by atoms with Crippen LogP contribution in [0.15, 0.2) is 30.3 Å². The Bertz CT molecular complexity index is 488. The Hall–Kier alpha value is -2.41. The summed E-state index contributed by atoms with van der Waals surface area (Å²) in [4.78, 5) is 35.0. The first-order valence-corrected chi connectivity index (χ1v) is 4.73. The van der Waals surface area contributed by atoms with E-state index in [1.54, 1.807) is 18.2 Å². The van der Waals surface area contributed by atoms with E-state index in [2.05, 4.69) is 0 Å². The number of carboxylic acids is 1. The molecule has 17 heavy (non-hydrogen) atoms. The summed E-state index contributed by atoms with van der Waals surface area (Å²) in [5.41, 5.74) is 0.293. The fourth-order valence-corrected chi connectivity index (χ4v) is 1.60. The molecule has 0 radical (unpaired) electrons. The van der Waals surface area contributed by atoms with Crippen molar-refractivity contribution in [3.05, 3.63) is 30.3 Å². The van der Waals surface area contributed by atoms with Crippen molar-refractivity contribution in [2.24, 2.45) is 5.84 Å². The number of urea groups is 1. The van der Waals surface area contributed by atoms with Gasteiger partial charge in [-0.3, -0.25) is 4.79 Å². The lowest BCUT2D eigenvalue weighted by Gasteiger charge is -2.12. The topological polar surface area (TPSA) is 104 Å². The number of aliphatic carboxylic acids is 1. The van der Waals surface area contributed by atoms with Gasteiger partial charge in [-0.25, -0.2) is 25.3 Å². The van der Waals surface area contributed by atoms with Crippen LogP contribution in [0.5, 0.6) is 0 Å². The lowest BCUT2D eigenvalue weighted by Crippen LogP contribution is -2.45. The molecule has 1 unspecified atom stereocenters. The number of hydrogen-bond donors (Lipinski definition) is 2. The van der Waals surface area contributed by atoms with Crippen LogP contribution in [0.2, 0.25) is 0 Å². The second-order valence-electron chi connectivity index (χ2n) is 3.44. The van der Waals surface area contributed by atoms with Crippen LogP contribution in [-0.2, 0) is 9.59 Å². The van der Waals surface area contributed by atoms with Gasteiger partial charge in [-0.05, 0) is 12.1 Å². The largest absolute Gasteiger partial charge is 0.479 e. The number of amides is 3. The molecule has 0 saturated carbocycles. The predicted octanol–water partition coefficient (Wildman–Crippen LogP) is -0.218. The van der Waals surface area contributed by atoms with Gasteiger partial charge in [0.2, 0.25) is 6.04 Å². The summed E-state index contributed by atoms with van der Waals surface area (Å²) >= 11 is 0. The van der Waals surface area contributed by atoms with Crippen LogP contribution >= 0.6 is 0 Å². The van der Waals surface area contributed by atoms with Gasteiger partial charge in [-0.2, -0.15) is 0 Å². The lowest BCUT2D eigenvalue weighted by atomic mass is 10.2. The SMILES string of the molecule is NN1C(=O)N(c2ccccc2)C(=O)C1C(=O)O. The average Bonchev–Trinajstić information content (AvgIpc) is 2.51. The highest BCUT2D eigenvalue weighted by Crippen LogP contribution is 2.22. The van der Waals surface area contributed by atoms with Gasteiger partial charge in [0, 0.05) is 0 Å². The summed E-state index contributed by atoms with van der Waals surface area (Å²) in [5.74, 6) is 2.96. The molecule has 0 bridgehead atoms. The summed E-state index contributed by atoms with van der Waals surface area (Å²) in [6.07, 6.45) is 0. The third-order valence-corrected chi connectivity index (χ3v) is 2.39. The minimum Gasteiger partial charge on any atom is -0.479 e. The maximum atomic E-state index is 11.8. The van der Waals surface area contributed by atoms with Crippen LogP contribution < -0.4 is 10.7 Å². The third kappa shape index (κ3) is 1.62. The molecule has 1 fully saturated rings. The minimum absolute atomic E-state index is 0.293. The Labute approximate surface area is 96.0 Å². The number of benzene rings is 1. The van der Waals surface area contributed by atoms with Crippen LogP contribution in [0.1, 0.15) is 0 Å². The smallest absolute Gasteiger partial charge is 0.346 e. The maximum absolute atomic E-state index is 11.8. The molecule has 7 heteroatoms. The monoisotopic (exact) mass is 235 g/mol. The zero-order valence-corrected chi connectivity index (χ0v) is 8.61. The molecule has 7 nitrogen and oxygen atoms in total. The normalized spacial score (nSPS) is 19.9. The second kappa shape index (κ2) is 3.87. The number of hydrogen-bond acceptors (Lipinski definition) is 4. The molecule has 3 amide bonds. The average molecular weight is 235 g/mol. The molecule has 0 spiro atoms. The lowest BCUT2D eigenvalue weighted by molar-refractivity contribution is -0.144. The van der Waals surface area contributed by atoms with Crippen molar-refractivity contribution in [3.8, 4) is 0 Å². The van der Waals surface area contributed by atoms with Gasteiger partial charge in [-0.15, -0.1) is 0 Å². The van der Waals surface area contributed by atoms with E-state index in [9.17, 15) is 14.4 Å². The number of nitrogens with zero attached hydrogens (tertiary/aromatic N) is 2. The molecular weight excluding hydrogens is 226 g/mol. The Morgan fingerprint density at radius 3 is 2.29 bits per heavy atom. The highest BCUT2D eigenvalue weighted by atomic mass is 16.4. The highest BCUT2D eigenvalue weighted by molar-refractivity contribution is 6.26. The van der Waals surface area contributed by atoms with Crippen molar-refractivity contribution in [1.29, 1.82) is 0 Å². The molecule has 0 aliphatic carbocycles. The Morgan fingerprint density at radius 2 is 1.82 bits per heavy atom. The fraction of sp³-hybridized carbons (Fsp3) is 0.100. The zero-order valence-electron chi connectivity index (χ0n) is 8.61. The van der Waals surface area contributed by atoms with Crippen molar-refractivity contribution >= 4 is 23.6 Å². The van der Waals surface area contributed by atoms with Gasteiger partial charge < -0.3 is 5.11 Å². The number of anilines is 1. The van der Waals surface area contributed by atoms with Crippen molar-refractivity contribution in [1.82, 2.24) is 5.01 Å². The van der Waals surface area contributed by atoms with Gasteiger partial charge in [0.15, 0.2) is 0 Å². The summed E-state index contributed by atoms with van der Waals surface area (Å²) in [7, 11) is 0. The van der Waals surface area contributed by atoms with E-state index in [-0.39, 0.29) is 0 Å². The second-order valence-corrected chi connectivity index (χ2v) is 3.44. The minimum atomic E-state index is -1.66. The molecule has 3 N–H and O–H groups in total. The molecule has 1 heterocycles. The standard InChI is InChI=1S/C10H9N3O4/c11-13-7(9(15)16)8(14)12(10(13)17)6-4-2-1-3-5-6/h1-5,7H,11H2,(H,15,16). The number of carbonyl (C=O) groups excluding carboxylic acids is 2. The first kappa shape index (κ1) is 11.1. The first-order valence-electron chi connectivity index (χ1n) is 4.73. The number of imide groups is 1. The number of para-hydroxylation sites is 1. The number of hydrazine groups is 1. The van der Waals surface area contributed by atoms with E-state index in [0.29, 0.717) is 10.7 Å². The number of carboxylic acid groups (broad SMARTS) is 1. The number of carbonyl (C=O) groups is 3. The zero-order chi connectivity index (χ0) is 12.6. The van der Waals surface area contributed by atoms with Crippen molar-refractivity contribution in [2.45, 2.75) is 6.04 Å². The molecule has 1 aliphatic heterocycles. The number of rotatable bonds is 2. The van der Waals surface area contributed by atoms with Gasteiger partial charge in [-0.1, -0.05) is 18.2 Å². The summed E-state index contributed by atoms with van der Waals surface area (Å²) in [6.45, 7) is 0. The van der Waals surface area contributed by atoms with Crippen molar-refractivity contribution < 1.29 is 19.5 Å². The summed E-state index contributed by atoms with van der Waals surface area (Å²) in [6, 6.07) is 5.50. The van der Waals surface area contributed by atoms with E-state index in [1.165, 1.54) is 12.1 Å². The van der Waals surface area contributed by atoms with E-state index in [4.69, 9.17) is 10.9 Å². The summed E-state index contributed by atoms with van der Waals surface area (Å²) in [5, 5.41) is 9.23. The Kier molecular flexibility index (Phi) is 2.52. The van der Waals surface area contributed by atoms with Crippen LogP contribution in [0, 0.1) is 0 Å². The first-order chi connectivity index (χ1) is 8.04. The van der Waals surface area contributed by atoms with E-state index in [0.717, 1.165) is 4.90 Å². The van der Waals surface area contributed by atoms with E-state index >= 15 is 0 Å². The van der Waals surface area contributed by atoms with Crippen LogP contribution in [-0.4, -0.2) is 34.1 Å². The van der Waals surface area contributed by atoms with Gasteiger partial charge >= 0.3 is 12.0 Å². The molecule has 88 valence electrons. The van der Waals surface area contributed by atoms with Crippen molar-refractivity contribution in [3.63, 3.8) is 0 Å². The maximum Gasteiger partial charge on any atom is 0.346 e. The Balaban J connectivity index is 2.41. The van der Waals surface area contributed by atoms with Gasteiger partial charge in [0.05, 0.1) is 5.69 Å². The van der Waals surface area contributed by atoms with Crippen LogP contribution in [0.4, 0.5) is 10.5 Å². The fourth-order valence-electron chi connectivity index (χ4n) is 1.60. The number of nitrogens with two attached hydrogens (primary N) is 1. The third-order valence-electron chi connectivity index (χ3n) is 2.39. The van der Waals surface area contributed by atoms with Crippen LogP contribution in [0.25, 0.3) is 0 Å². The predicted molar refractivity (Wildman–Crippen MR) is 56.8 cm³/mol. The molecule has 1 aromatic rings. The molecule has 1 aliphatic rings. The van der Waals surface area contributed by atoms with E-state index in [1.807, 2.05) is 0 Å². The molecule has 1 aromatic carbocycles. The van der Waals surface area contributed by atoms with Gasteiger partial charge in [0.1, 0.15) is 0 Å². The quantitative estimate of drug-likeness (QED) is 0.319. The van der Waals surface area contributed by atoms with Crippen LogP contribution in [0.3, 0.4) is 0 Å². The summed E-state index contributed by atoms with van der Waals surface area (Å²) < 4.78 is 0. The van der Waals surface area contributed by atoms with E-state index < -0.39 is 23.9 Å². The van der Waals surface area contributed by atoms with Crippen molar-refractivity contribution in [2.75, 3.05) is 4.90 Å². The molecule has 0 aromatic heterocycles. The molecular formula is C10H9N3O4. The highest BCUT2D eigenvalue weighted by Gasteiger charge is 2.49.